The van der Waals surface area contributed by atoms with Gasteiger partial charge in [-0.25, -0.2) is 0 Å². The molecular weight excluding hydrogens is 799 g/mol. The Balaban J connectivity index is 0.000000255. The molecule has 64 heavy (non-hydrogen) atoms. The van der Waals surface area contributed by atoms with E-state index in [-0.39, 0.29) is 5.84 Å². The first-order chi connectivity index (χ1) is 31.5. The molecule has 5 nitrogen and oxygen atoms in total. The molecule has 0 fully saturated rings. The minimum absolute atomic E-state index is 0.121. The molecule has 2 aliphatic heterocycles. The van der Waals surface area contributed by atoms with Crippen molar-refractivity contribution in [2.75, 3.05) is 4.90 Å². The van der Waals surface area contributed by atoms with Crippen molar-refractivity contribution in [3.05, 3.63) is 263 Å². The van der Waals surface area contributed by atoms with Crippen molar-refractivity contribution in [3.8, 4) is 5.69 Å². The van der Waals surface area contributed by atoms with Crippen LogP contribution in [0.25, 0.3) is 27.5 Å². The molecule has 2 aliphatic rings. The van der Waals surface area contributed by atoms with Gasteiger partial charge in [0.05, 0.1) is 27.8 Å². The average molecular weight is 846 g/mol. The summed E-state index contributed by atoms with van der Waals surface area (Å²) in [6.07, 6.45) is 0. The molecule has 0 amide bonds. The van der Waals surface area contributed by atoms with Crippen LogP contribution >= 0.6 is 11.8 Å². The molecule has 0 saturated heterocycles. The Morgan fingerprint density at radius 3 is 1.72 bits per heavy atom. The number of aromatic nitrogens is 1. The molecule has 0 unspecified atom stereocenters. The molecule has 0 bridgehead atoms. The Morgan fingerprint density at radius 1 is 0.531 bits per heavy atom. The highest BCUT2D eigenvalue weighted by Crippen LogP contribution is 2.64. The summed E-state index contributed by atoms with van der Waals surface area (Å²) in [5.41, 5.74) is 26.4. The van der Waals surface area contributed by atoms with Crippen molar-refractivity contribution in [2.45, 2.75) is 28.7 Å². The zero-order valence-corrected chi connectivity index (χ0v) is 36.3. The van der Waals surface area contributed by atoms with E-state index >= 15 is 0 Å². The Kier molecular flexibility index (Phi) is 10.9. The van der Waals surface area contributed by atoms with E-state index in [1.54, 1.807) is 0 Å². The zero-order chi connectivity index (χ0) is 43.6. The Morgan fingerprint density at radius 2 is 1.09 bits per heavy atom. The van der Waals surface area contributed by atoms with Crippen molar-refractivity contribution in [2.24, 2.45) is 11.5 Å². The van der Waals surface area contributed by atoms with Crippen LogP contribution in [0.4, 0.5) is 17.1 Å². The van der Waals surface area contributed by atoms with Crippen LogP contribution in [0.1, 0.15) is 38.9 Å². The number of rotatable bonds is 4. The van der Waals surface area contributed by atoms with Crippen molar-refractivity contribution < 1.29 is 0 Å². The van der Waals surface area contributed by atoms with Crippen LogP contribution in [0.5, 0.6) is 0 Å². The third-order valence-corrected chi connectivity index (χ3v) is 13.4. The molecule has 0 atom stereocenters. The van der Waals surface area contributed by atoms with Crippen molar-refractivity contribution >= 4 is 56.5 Å². The molecule has 5 N–H and O–H groups in total. The van der Waals surface area contributed by atoms with Gasteiger partial charge in [0.2, 0.25) is 0 Å². The third-order valence-electron chi connectivity index (χ3n) is 12.2. The number of anilines is 3. The maximum Gasteiger partial charge on any atom is 0.122 e. The van der Waals surface area contributed by atoms with E-state index in [9.17, 15) is 0 Å². The summed E-state index contributed by atoms with van der Waals surface area (Å²) in [4.78, 5) is 5.01. The van der Waals surface area contributed by atoms with Gasteiger partial charge in [-0.05, 0) is 83.3 Å². The smallest absolute Gasteiger partial charge is 0.122 e. The van der Waals surface area contributed by atoms with Gasteiger partial charge in [-0.3, -0.25) is 5.41 Å². The number of nitrogen functional groups attached to an aromatic ring is 1. The van der Waals surface area contributed by atoms with Crippen LogP contribution in [0, 0.1) is 12.3 Å². The van der Waals surface area contributed by atoms with Crippen molar-refractivity contribution in [3.63, 3.8) is 0 Å². The zero-order valence-electron chi connectivity index (χ0n) is 35.5. The first kappa shape index (κ1) is 40.4. The maximum absolute atomic E-state index is 7.01. The van der Waals surface area contributed by atoms with Gasteiger partial charge in [0.15, 0.2) is 0 Å². The van der Waals surface area contributed by atoms with E-state index in [2.05, 4.69) is 192 Å². The van der Waals surface area contributed by atoms with E-state index in [1.165, 1.54) is 70.8 Å². The van der Waals surface area contributed by atoms with Gasteiger partial charge in [-0.2, -0.15) is 0 Å². The predicted octanol–water partition coefficient (Wildman–Crippen LogP) is 13.8. The number of aryl methyl sites for hydroxylation is 1. The molecule has 3 heterocycles. The van der Waals surface area contributed by atoms with Crippen LogP contribution in [0.15, 0.2) is 234 Å². The molecule has 310 valence electrons. The van der Waals surface area contributed by atoms with Gasteiger partial charge >= 0.3 is 0 Å². The van der Waals surface area contributed by atoms with Crippen LogP contribution in [-0.4, -0.2) is 10.4 Å². The second-order valence-electron chi connectivity index (χ2n) is 16.1. The molecular formula is C58H47N5S. The van der Waals surface area contributed by atoms with Gasteiger partial charge in [0.25, 0.3) is 0 Å². The summed E-state index contributed by atoms with van der Waals surface area (Å²) < 4.78 is 2.47. The molecule has 0 aliphatic carbocycles. The van der Waals surface area contributed by atoms with Gasteiger partial charge in [-0.1, -0.05) is 193 Å². The number of fused-ring (bicyclic) bond motifs is 12. The fourth-order valence-electron chi connectivity index (χ4n) is 9.47. The molecule has 1 spiro atoms. The van der Waals surface area contributed by atoms with E-state index in [0.717, 1.165) is 22.5 Å². The number of nitrogens with two attached hydrogens (primary N) is 2. The lowest BCUT2D eigenvalue weighted by Crippen LogP contribution is -2.39. The van der Waals surface area contributed by atoms with Crippen LogP contribution in [0.2, 0.25) is 0 Å². The minimum atomic E-state index is -0.537. The van der Waals surface area contributed by atoms with Gasteiger partial charge in [0, 0.05) is 44.0 Å². The molecule has 0 saturated carbocycles. The fraction of sp³-hybridized carbons (Fsp3) is 0.0517. The lowest BCUT2D eigenvalue weighted by molar-refractivity contribution is 0.694. The molecule has 0 radical (unpaired) electrons. The highest BCUT2D eigenvalue weighted by molar-refractivity contribution is 7.99. The van der Waals surface area contributed by atoms with E-state index < -0.39 is 5.41 Å². The Bertz CT molecular complexity index is 3240. The third kappa shape index (κ3) is 6.94. The number of benzene rings is 9. The average Bonchev–Trinajstić information content (AvgIpc) is 3.70. The summed E-state index contributed by atoms with van der Waals surface area (Å²) in [6, 6.07) is 79.6. The molecule has 6 heteroatoms. The first-order valence-corrected chi connectivity index (χ1v) is 22.4. The summed E-state index contributed by atoms with van der Waals surface area (Å²) in [5.74, 6) is 0.121. The number of hydrogen-bond donors (Lipinski definition) is 3. The van der Waals surface area contributed by atoms with Crippen LogP contribution < -0.4 is 16.4 Å². The molecule has 1 aromatic heterocycles. The van der Waals surface area contributed by atoms with E-state index in [4.69, 9.17) is 16.9 Å². The second-order valence-corrected chi connectivity index (χ2v) is 17.1. The van der Waals surface area contributed by atoms with Crippen molar-refractivity contribution in [1.82, 2.24) is 4.57 Å². The topological polar surface area (TPSA) is 84.1 Å². The highest BCUT2D eigenvalue weighted by atomic mass is 32.2. The summed E-state index contributed by atoms with van der Waals surface area (Å²) in [6.45, 7) is 2.58. The lowest BCUT2D eigenvalue weighted by atomic mass is 9.62. The van der Waals surface area contributed by atoms with Crippen LogP contribution in [-0.2, 0) is 12.0 Å². The fourth-order valence-corrected chi connectivity index (χ4v) is 10.8. The molecule has 12 rings (SSSR count). The minimum Gasteiger partial charge on any atom is -0.384 e. The first-order valence-electron chi connectivity index (χ1n) is 21.6. The standard InChI is InChI=1S/C44H31N3S.C7H8N2.C7H8/c45-28-29-13-12-16-31(27-29)47-38-21-8-4-17-32(38)33-25-26-37-43(42(33)47)48-41-24-11-7-20-36(41)44(37)34-18-5-9-22-39(34)46(30-14-2-1-3-15-30)40-23-10-6-19-35(40)44;8-7(9)6-4-2-1-3-5-6;1-7-5-3-2-4-6-7/h1-27H,28,45H2;1-5H,(H3,8,9);2-6H,1H3. The number of nitrogens with zero attached hydrogens (tertiary/aromatic N) is 2. The van der Waals surface area contributed by atoms with Crippen molar-refractivity contribution in [1.29, 1.82) is 5.41 Å². The normalized spacial score (nSPS) is 12.8. The number of nitrogens with one attached hydrogen (secondary N) is 1. The maximum atomic E-state index is 7.01. The van der Waals surface area contributed by atoms with Gasteiger partial charge in [-0.15, -0.1) is 0 Å². The van der Waals surface area contributed by atoms with Gasteiger partial charge < -0.3 is 20.9 Å². The highest BCUT2D eigenvalue weighted by Gasteiger charge is 2.50. The largest absolute Gasteiger partial charge is 0.384 e. The van der Waals surface area contributed by atoms with Crippen LogP contribution in [0.3, 0.4) is 0 Å². The summed E-state index contributed by atoms with van der Waals surface area (Å²) in [7, 11) is 0. The van der Waals surface area contributed by atoms with E-state index in [0.29, 0.717) is 6.54 Å². The number of amidine groups is 1. The quantitative estimate of drug-likeness (QED) is 0.122. The SMILES string of the molecule is Cc1ccccc1.N=C(N)c1ccccc1.NCc1cccc(-n2c3ccccc3c3ccc4c(c32)Sc2ccccc2C42c3ccccc3N(c3ccccc3)c3ccccc32)c1. The molecule has 10 aromatic rings. The molecule has 9 aromatic carbocycles. The van der Waals surface area contributed by atoms with E-state index in [1.807, 2.05) is 60.3 Å². The number of para-hydroxylation sites is 4. The van der Waals surface area contributed by atoms with Gasteiger partial charge in [0.1, 0.15) is 5.84 Å². The lowest BCUT2D eigenvalue weighted by Gasteiger charge is -2.49. The summed E-state index contributed by atoms with van der Waals surface area (Å²) in [5, 5.41) is 9.52. The predicted molar refractivity (Wildman–Crippen MR) is 268 cm³/mol. The summed E-state index contributed by atoms with van der Waals surface area (Å²) >= 11 is 1.90. The second kappa shape index (κ2) is 17.3. The Hall–Kier alpha value is -7.64. The number of hydrogen-bond acceptors (Lipinski definition) is 4. The monoisotopic (exact) mass is 845 g/mol. The Labute approximate surface area is 378 Å².